The van der Waals surface area contributed by atoms with Crippen molar-refractivity contribution in [2.45, 2.75) is 19.5 Å². The molecule has 0 spiro atoms. The summed E-state index contributed by atoms with van der Waals surface area (Å²) >= 11 is 0. The van der Waals surface area contributed by atoms with Crippen LogP contribution in [0.4, 0.5) is 13.2 Å². The second kappa shape index (κ2) is 6.15. The molecule has 2 aromatic rings. The molecule has 0 unspecified atom stereocenters. The molecule has 1 N–H and O–H groups in total. The zero-order chi connectivity index (χ0) is 19.1. The van der Waals surface area contributed by atoms with Crippen molar-refractivity contribution in [3.8, 4) is 5.69 Å². The maximum Gasteiger partial charge on any atom is 0.435 e. The van der Waals surface area contributed by atoms with Crippen molar-refractivity contribution in [3.05, 3.63) is 47.8 Å². The Hall–Kier alpha value is -2.84. The Labute approximate surface area is 146 Å². The number of benzene rings is 1. The number of carboxylic acids is 1. The van der Waals surface area contributed by atoms with Crippen molar-refractivity contribution in [2.24, 2.45) is 5.41 Å². The molecule has 1 saturated heterocycles. The number of aromatic nitrogens is 2. The van der Waals surface area contributed by atoms with Gasteiger partial charge in [-0.25, -0.2) is 4.68 Å². The average Bonchev–Trinajstić information content (AvgIpc) is 3.22. The first-order valence-electron chi connectivity index (χ1n) is 7.86. The van der Waals surface area contributed by atoms with Gasteiger partial charge in [-0.3, -0.25) is 9.59 Å². The molecule has 26 heavy (non-hydrogen) atoms. The van der Waals surface area contributed by atoms with Crippen LogP contribution in [0.2, 0.25) is 0 Å². The van der Waals surface area contributed by atoms with Crippen LogP contribution in [0.25, 0.3) is 5.69 Å². The van der Waals surface area contributed by atoms with E-state index in [1.54, 1.807) is 6.92 Å². The molecule has 0 bridgehead atoms. The van der Waals surface area contributed by atoms with Crippen LogP contribution in [0.5, 0.6) is 0 Å². The summed E-state index contributed by atoms with van der Waals surface area (Å²) in [6.45, 7) is 2.07. The van der Waals surface area contributed by atoms with Gasteiger partial charge in [0.1, 0.15) is 0 Å². The molecule has 6 nitrogen and oxygen atoms in total. The highest BCUT2D eigenvalue weighted by atomic mass is 19.4. The van der Waals surface area contributed by atoms with Gasteiger partial charge in [-0.2, -0.15) is 18.3 Å². The minimum atomic E-state index is -4.52. The van der Waals surface area contributed by atoms with Gasteiger partial charge in [-0.15, -0.1) is 0 Å². The molecule has 138 valence electrons. The molecule has 0 radical (unpaired) electrons. The molecule has 0 saturated carbocycles. The van der Waals surface area contributed by atoms with Gasteiger partial charge in [0.15, 0.2) is 5.69 Å². The van der Waals surface area contributed by atoms with Gasteiger partial charge in [-0.05, 0) is 43.7 Å². The number of hydrogen-bond donors (Lipinski definition) is 1. The minimum Gasteiger partial charge on any atom is -0.481 e. The molecular formula is C17H16F3N3O3. The molecule has 1 aliphatic rings. The first-order chi connectivity index (χ1) is 12.1. The number of carboxylic acid groups (broad SMARTS) is 1. The van der Waals surface area contributed by atoms with Crippen molar-refractivity contribution in [1.29, 1.82) is 0 Å². The summed E-state index contributed by atoms with van der Waals surface area (Å²) < 4.78 is 38.9. The lowest BCUT2D eigenvalue weighted by molar-refractivity contribution is -0.147. The predicted octanol–water partition coefficient (Wildman–Crippen LogP) is 2.83. The Bertz CT molecular complexity index is 845. The molecule has 3 rings (SSSR count). The van der Waals surface area contributed by atoms with E-state index < -0.39 is 23.3 Å². The molecule has 9 heteroatoms. The largest absolute Gasteiger partial charge is 0.481 e. The van der Waals surface area contributed by atoms with E-state index in [4.69, 9.17) is 0 Å². The zero-order valence-corrected chi connectivity index (χ0v) is 13.8. The van der Waals surface area contributed by atoms with Crippen LogP contribution < -0.4 is 0 Å². The normalized spacial score (nSPS) is 20.4. The first-order valence-corrected chi connectivity index (χ1v) is 7.86. The van der Waals surface area contributed by atoms with Gasteiger partial charge in [-0.1, -0.05) is 0 Å². The van der Waals surface area contributed by atoms with Crippen molar-refractivity contribution in [1.82, 2.24) is 14.7 Å². The summed E-state index contributed by atoms with van der Waals surface area (Å²) in [6.07, 6.45) is -2.95. The van der Waals surface area contributed by atoms with Crippen LogP contribution in [0.1, 0.15) is 29.4 Å². The summed E-state index contributed by atoms with van der Waals surface area (Å²) in [5.74, 6) is -1.25. The standard InChI is InChI=1S/C17H16F3N3O3/c1-16(15(25)26)7-9-22(10-16)14(24)11-2-4-12(5-3-11)23-8-6-13(21-23)17(18,19)20/h2-6,8H,7,9-10H2,1H3,(H,25,26)/t16-/m0/s1. The monoisotopic (exact) mass is 367 g/mol. The topological polar surface area (TPSA) is 75.4 Å². The number of carbonyl (C=O) groups excluding carboxylic acids is 1. The third-order valence-electron chi connectivity index (χ3n) is 4.54. The van der Waals surface area contributed by atoms with Gasteiger partial charge in [0, 0.05) is 24.8 Å². The minimum absolute atomic E-state index is 0.122. The third-order valence-corrected chi connectivity index (χ3v) is 4.54. The second-order valence-corrected chi connectivity index (χ2v) is 6.53. The van der Waals surface area contributed by atoms with Crippen LogP contribution in [0, 0.1) is 5.41 Å². The van der Waals surface area contributed by atoms with Crippen molar-refractivity contribution in [3.63, 3.8) is 0 Å². The SMILES string of the molecule is C[C@]1(C(=O)O)CCN(C(=O)c2ccc(-n3ccc(C(F)(F)F)n3)cc2)C1. The fraction of sp³-hybridized carbons (Fsp3) is 0.353. The number of amides is 1. The Morgan fingerprint density at radius 3 is 2.35 bits per heavy atom. The van der Waals surface area contributed by atoms with E-state index in [1.807, 2.05) is 0 Å². The Morgan fingerprint density at radius 2 is 1.85 bits per heavy atom. The summed E-state index contributed by atoms with van der Waals surface area (Å²) in [5, 5.41) is 12.7. The van der Waals surface area contributed by atoms with Crippen LogP contribution in [-0.2, 0) is 11.0 Å². The van der Waals surface area contributed by atoms with E-state index in [1.165, 1.54) is 35.4 Å². The number of alkyl halides is 3. The quantitative estimate of drug-likeness (QED) is 0.905. The van der Waals surface area contributed by atoms with Gasteiger partial charge >= 0.3 is 12.1 Å². The summed E-state index contributed by atoms with van der Waals surface area (Å²) in [4.78, 5) is 25.2. The molecule has 1 amide bonds. The average molecular weight is 367 g/mol. The van der Waals surface area contributed by atoms with Crippen LogP contribution in [0.15, 0.2) is 36.5 Å². The first kappa shape index (κ1) is 18.0. The summed E-state index contributed by atoms with van der Waals surface area (Å²) in [6, 6.07) is 6.84. The fourth-order valence-corrected chi connectivity index (χ4v) is 2.87. The van der Waals surface area contributed by atoms with Gasteiger partial charge in [0.05, 0.1) is 11.1 Å². The maximum atomic E-state index is 12.6. The lowest BCUT2D eigenvalue weighted by atomic mass is 9.90. The molecule has 1 aromatic heterocycles. The number of rotatable bonds is 3. The molecule has 0 aliphatic carbocycles. The Kier molecular flexibility index (Phi) is 4.25. The van der Waals surface area contributed by atoms with E-state index in [0.717, 1.165) is 10.7 Å². The molecule has 2 heterocycles. The lowest BCUT2D eigenvalue weighted by Crippen LogP contribution is -2.34. The highest BCUT2D eigenvalue weighted by Gasteiger charge is 2.42. The highest BCUT2D eigenvalue weighted by Crippen LogP contribution is 2.31. The number of aliphatic carboxylic acids is 1. The zero-order valence-electron chi connectivity index (χ0n) is 13.8. The van der Waals surface area contributed by atoms with E-state index in [2.05, 4.69) is 5.10 Å². The molecule has 1 aromatic carbocycles. The predicted molar refractivity (Wildman–Crippen MR) is 84.8 cm³/mol. The molecular weight excluding hydrogens is 351 g/mol. The number of hydrogen-bond acceptors (Lipinski definition) is 3. The lowest BCUT2D eigenvalue weighted by Gasteiger charge is -2.20. The Balaban J connectivity index is 1.75. The van der Waals surface area contributed by atoms with Crippen molar-refractivity contribution >= 4 is 11.9 Å². The van der Waals surface area contributed by atoms with E-state index in [9.17, 15) is 27.9 Å². The van der Waals surface area contributed by atoms with E-state index in [-0.39, 0.29) is 12.5 Å². The molecule has 1 fully saturated rings. The molecule has 1 atom stereocenters. The van der Waals surface area contributed by atoms with Crippen LogP contribution >= 0.6 is 0 Å². The summed E-state index contributed by atoms with van der Waals surface area (Å²) in [5.41, 5.74) is -1.23. The smallest absolute Gasteiger partial charge is 0.435 e. The van der Waals surface area contributed by atoms with Gasteiger partial charge in [0.25, 0.3) is 5.91 Å². The second-order valence-electron chi connectivity index (χ2n) is 6.53. The van der Waals surface area contributed by atoms with Crippen LogP contribution in [0.3, 0.4) is 0 Å². The fourth-order valence-electron chi connectivity index (χ4n) is 2.87. The highest BCUT2D eigenvalue weighted by molar-refractivity contribution is 5.95. The molecule has 1 aliphatic heterocycles. The summed E-state index contributed by atoms with van der Waals surface area (Å²) in [7, 11) is 0. The number of carbonyl (C=O) groups is 2. The van der Waals surface area contributed by atoms with Crippen LogP contribution in [-0.4, -0.2) is 44.8 Å². The van der Waals surface area contributed by atoms with E-state index in [0.29, 0.717) is 24.2 Å². The Morgan fingerprint density at radius 1 is 1.19 bits per heavy atom. The van der Waals surface area contributed by atoms with Gasteiger partial charge < -0.3 is 10.0 Å². The third kappa shape index (κ3) is 3.29. The van der Waals surface area contributed by atoms with Gasteiger partial charge in [0.2, 0.25) is 0 Å². The number of nitrogens with zero attached hydrogens (tertiary/aromatic N) is 3. The number of halogens is 3. The number of likely N-dealkylation sites (tertiary alicyclic amines) is 1. The maximum absolute atomic E-state index is 12.6. The van der Waals surface area contributed by atoms with E-state index >= 15 is 0 Å². The van der Waals surface area contributed by atoms with Crippen molar-refractivity contribution < 1.29 is 27.9 Å². The van der Waals surface area contributed by atoms with Crippen molar-refractivity contribution in [2.75, 3.05) is 13.1 Å².